The van der Waals surface area contributed by atoms with E-state index in [9.17, 15) is 8.42 Å². The van der Waals surface area contributed by atoms with Gasteiger partial charge in [-0.15, -0.1) is 0 Å². The first-order valence-electron chi connectivity index (χ1n) is 3.76. The molecule has 0 heterocycles. The summed E-state index contributed by atoms with van der Waals surface area (Å²) in [6.07, 6.45) is -1.33. The summed E-state index contributed by atoms with van der Waals surface area (Å²) in [5.74, 6) is 0. The van der Waals surface area contributed by atoms with Crippen LogP contribution in [0.15, 0.2) is 29.2 Å². The number of amides is 1. The lowest BCUT2D eigenvalue weighted by Crippen LogP contribution is -2.03. The second kappa shape index (κ2) is 6.77. The number of hydrogen-bond donors (Lipinski definition) is 3. The molecule has 6 N–H and O–H groups in total. The van der Waals surface area contributed by atoms with Crippen LogP contribution < -0.4 is 5.73 Å². The summed E-state index contributed by atoms with van der Waals surface area (Å²) < 4.78 is 29.6. The van der Waals surface area contributed by atoms with Crippen molar-refractivity contribution in [3.8, 4) is 0 Å². The Morgan fingerprint density at radius 1 is 1.25 bits per heavy atom. The van der Waals surface area contributed by atoms with Gasteiger partial charge in [0, 0.05) is 0 Å². The third kappa shape index (κ3) is 7.74. The lowest BCUT2D eigenvalue weighted by Gasteiger charge is -1.95. The molecule has 0 aliphatic heterocycles. The molecule has 0 spiro atoms. The molecule has 0 aromatic heterocycles. The number of nitrogens with two attached hydrogens (primary N) is 1. The molecular formula is C8H13NO6S. The van der Waals surface area contributed by atoms with Gasteiger partial charge in [-0.2, -0.15) is 8.42 Å². The van der Waals surface area contributed by atoms with Gasteiger partial charge in [-0.05, 0) is 19.1 Å². The zero-order chi connectivity index (χ0) is 12.1. The zero-order valence-corrected chi connectivity index (χ0v) is 9.23. The molecule has 16 heavy (non-hydrogen) atoms. The Balaban J connectivity index is 0. The van der Waals surface area contributed by atoms with E-state index in [0.29, 0.717) is 0 Å². The van der Waals surface area contributed by atoms with Crippen molar-refractivity contribution in [3.63, 3.8) is 0 Å². The lowest BCUT2D eigenvalue weighted by atomic mass is 10.2. The normalized spacial score (nSPS) is 9.38. The van der Waals surface area contributed by atoms with Gasteiger partial charge in [-0.1, -0.05) is 17.7 Å². The van der Waals surface area contributed by atoms with E-state index < -0.39 is 16.2 Å². The minimum Gasteiger partial charge on any atom is -0.465 e. The number of hydrogen-bond acceptors (Lipinski definition) is 3. The van der Waals surface area contributed by atoms with Crippen LogP contribution in [0.3, 0.4) is 0 Å². The maximum absolute atomic E-state index is 10.5. The molecule has 0 atom stereocenters. The molecule has 0 saturated heterocycles. The minimum absolute atomic E-state index is 0. The van der Waals surface area contributed by atoms with E-state index in [-0.39, 0.29) is 10.4 Å². The quantitative estimate of drug-likeness (QED) is 0.602. The lowest BCUT2D eigenvalue weighted by molar-refractivity contribution is 0.205. The van der Waals surface area contributed by atoms with Gasteiger partial charge in [0.1, 0.15) is 0 Å². The minimum atomic E-state index is -4.02. The number of carbonyl (C=O) groups is 1. The topological polar surface area (TPSA) is 149 Å². The highest BCUT2D eigenvalue weighted by atomic mass is 32.2. The van der Waals surface area contributed by atoms with Crippen LogP contribution in [-0.2, 0) is 10.1 Å². The molecule has 92 valence electrons. The largest absolute Gasteiger partial charge is 0.465 e. The molecule has 1 aromatic rings. The number of rotatable bonds is 1. The predicted molar refractivity (Wildman–Crippen MR) is 56.8 cm³/mol. The van der Waals surface area contributed by atoms with E-state index in [0.717, 1.165) is 5.56 Å². The molecule has 1 aromatic carbocycles. The van der Waals surface area contributed by atoms with Crippen molar-refractivity contribution >= 4 is 16.2 Å². The first kappa shape index (κ1) is 16.8. The highest BCUT2D eigenvalue weighted by Crippen LogP contribution is 2.08. The monoisotopic (exact) mass is 251 g/mol. The maximum atomic E-state index is 10.5. The van der Waals surface area contributed by atoms with E-state index in [1.54, 1.807) is 12.1 Å². The highest BCUT2D eigenvalue weighted by molar-refractivity contribution is 7.85. The van der Waals surface area contributed by atoms with Crippen LogP contribution in [0.5, 0.6) is 0 Å². The van der Waals surface area contributed by atoms with Crippen molar-refractivity contribution < 1.29 is 28.3 Å². The second-order valence-electron chi connectivity index (χ2n) is 2.63. The average molecular weight is 251 g/mol. The van der Waals surface area contributed by atoms with Crippen LogP contribution in [0, 0.1) is 6.92 Å². The first-order chi connectivity index (χ1) is 6.73. The fraction of sp³-hybridized carbons (Fsp3) is 0.125. The summed E-state index contributed by atoms with van der Waals surface area (Å²) >= 11 is 0. The third-order valence-electron chi connectivity index (χ3n) is 1.32. The van der Waals surface area contributed by atoms with Crippen LogP contribution in [0.25, 0.3) is 0 Å². The molecule has 0 unspecified atom stereocenters. The van der Waals surface area contributed by atoms with Crippen molar-refractivity contribution in [2.24, 2.45) is 5.73 Å². The molecule has 7 nitrogen and oxygen atoms in total. The standard InChI is InChI=1S/C7H8O3S.CH3NO2.H2O/c1-6-2-4-7(5-3-6)11(8,9)10;2-1(3)4;/h2-5H,1H3,(H,8,9,10);2H2,(H,3,4);1H2. The van der Waals surface area contributed by atoms with Crippen LogP contribution in [-0.4, -0.2) is 29.6 Å². The van der Waals surface area contributed by atoms with Crippen molar-refractivity contribution in [2.45, 2.75) is 11.8 Å². The van der Waals surface area contributed by atoms with Gasteiger partial charge >= 0.3 is 6.09 Å². The number of benzene rings is 1. The molecule has 0 saturated carbocycles. The Hall–Kier alpha value is -1.64. The summed E-state index contributed by atoms with van der Waals surface area (Å²) in [5, 5.41) is 7.19. The number of aryl methyl sites for hydroxylation is 1. The fourth-order valence-electron chi connectivity index (χ4n) is 0.710. The molecule has 1 amide bonds. The van der Waals surface area contributed by atoms with Crippen LogP contribution in [0.4, 0.5) is 4.79 Å². The van der Waals surface area contributed by atoms with Crippen molar-refractivity contribution in [1.82, 2.24) is 0 Å². The van der Waals surface area contributed by atoms with Crippen LogP contribution >= 0.6 is 0 Å². The fourth-order valence-corrected chi connectivity index (χ4v) is 1.19. The van der Waals surface area contributed by atoms with Gasteiger partial charge < -0.3 is 16.3 Å². The Morgan fingerprint density at radius 2 is 1.56 bits per heavy atom. The molecular weight excluding hydrogens is 238 g/mol. The molecule has 0 aliphatic carbocycles. The summed E-state index contributed by atoms with van der Waals surface area (Å²) in [6, 6.07) is 5.99. The second-order valence-corrected chi connectivity index (χ2v) is 4.05. The summed E-state index contributed by atoms with van der Waals surface area (Å²) in [7, 11) is -4.02. The molecule has 8 heteroatoms. The predicted octanol–water partition coefficient (Wildman–Crippen LogP) is 0.0401. The molecule has 0 bridgehead atoms. The summed E-state index contributed by atoms with van der Waals surface area (Å²) in [5.41, 5.74) is 4.98. The Kier molecular flexibility index (Phi) is 7.10. The van der Waals surface area contributed by atoms with Gasteiger partial charge in [0.05, 0.1) is 4.90 Å². The Morgan fingerprint density at radius 3 is 1.81 bits per heavy atom. The number of carboxylic acid groups (broad SMARTS) is 1. The smallest absolute Gasteiger partial charge is 0.402 e. The zero-order valence-electron chi connectivity index (χ0n) is 8.41. The van der Waals surface area contributed by atoms with Crippen LogP contribution in [0.2, 0.25) is 0 Å². The molecule has 0 fully saturated rings. The molecule has 1 rings (SSSR count). The van der Waals surface area contributed by atoms with E-state index >= 15 is 0 Å². The average Bonchev–Trinajstić information content (AvgIpc) is 2.01. The van der Waals surface area contributed by atoms with Crippen molar-refractivity contribution in [2.75, 3.05) is 0 Å². The van der Waals surface area contributed by atoms with E-state index in [1.165, 1.54) is 12.1 Å². The van der Waals surface area contributed by atoms with Gasteiger partial charge in [-0.3, -0.25) is 4.55 Å². The van der Waals surface area contributed by atoms with E-state index in [2.05, 4.69) is 5.73 Å². The van der Waals surface area contributed by atoms with Crippen molar-refractivity contribution in [1.29, 1.82) is 0 Å². The van der Waals surface area contributed by atoms with Gasteiger partial charge in [0.2, 0.25) is 0 Å². The molecule has 0 aliphatic rings. The molecule has 0 radical (unpaired) electrons. The SMILES string of the molecule is Cc1ccc(S(=O)(=O)O)cc1.NC(=O)O.O. The Bertz CT molecular complexity index is 420. The van der Waals surface area contributed by atoms with Gasteiger partial charge in [0.15, 0.2) is 0 Å². The van der Waals surface area contributed by atoms with E-state index in [4.69, 9.17) is 14.5 Å². The van der Waals surface area contributed by atoms with E-state index in [1.807, 2.05) is 6.92 Å². The highest BCUT2D eigenvalue weighted by Gasteiger charge is 2.06. The number of primary amides is 1. The third-order valence-corrected chi connectivity index (χ3v) is 2.19. The van der Waals surface area contributed by atoms with Crippen molar-refractivity contribution in [3.05, 3.63) is 29.8 Å². The first-order valence-corrected chi connectivity index (χ1v) is 5.20. The summed E-state index contributed by atoms with van der Waals surface area (Å²) in [4.78, 5) is 8.71. The van der Waals surface area contributed by atoms with Gasteiger partial charge in [-0.25, -0.2) is 4.79 Å². The Labute approximate surface area is 92.6 Å². The maximum Gasteiger partial charge on any atom is 0.402 e. The summed E-state index contributed by atoms with van der Waals surface area (Å²) in [6.45, 7) is 1.84. The van der Waals surface area contributed by atoms with Crippen LogP contribution in [0.1, 0.15) is 5.56 Å². The van der Waals surface area contributed by atoms with Gasteiger partial charge in [0.25, 0.3) is 10.1 Å².